The van der Waals surface area contributed by atoms with Gasteiger partial charge in [-0.05, 0) is 12.8 Å². The van der Waals surface area contributed by atoms with Crippen LogP contribution in [0.15, 0.2) is 0 Å². The Labute approximate surface area is 90.8 Å². The summed E-state index contributed by atoms with van der Waals surface area (Å²) < 4.78 is 5.10. The van der Waals surface area contributed by atoms with Crippen molar-refractivity contribution in [3.05, 3.63) is 0 Å². The third-order valence-electron chi connectivity index (χ3n) is 2.41. The minimum Gasteiger partial charge on any atom is -0.383 e. The Hall–Kier alpha value is 0.400. The van der Waals surface area contributed by atoms with Crippen molar-refractivity contribution in [1.82, 2.24) is 4.90 Å². The summed E-state index contributed by atoms with van der Waals surface area (Å²) in [4.78, 5) is 2.50. The quantitative estimate of drug-likeness (QED) is 0.615. The molecule has 0 aliphatic heterocycles. The standard InChI is InChI=1S/C10H22BrNO/c1-4-10(5-2)12(7-6-11)8-9-13-3/h10H,4-9H2,1-3H3. The molecule has 0 amide bonds. The molecule has 0 bridgehead atoms. The average Bonchev–Trinajstić information content (AvgIpc) is 2.16. The summed E-state index contributed by atoms with van der Waals surface area (Å²) in [6, 6.07) is 0.715. The van der Waals surface area contributed by atoms with Gasteiger partial charge in [-0.15, -0.1) is 0 Å². The Morgan fingerprint density at radius 3 is 2.23 bits per heavy atom. The van der Waals surface area contributed by atoms with Crippen LogP contribution in [0.25, 0.3) is 0 Å². The lowest BCUT2D eigenvalue weighted by Crippen LogP contribution is -2.38. The molecule has 13 heavy (non-hydrogen) atoms. The second-order valence-corrected chi connectivity index (χ2v) is 3.98. The first kappa shape index (κ1) is 13.4. The van der Waals surface area contributed by atoms with Gasteiger partial charge in [0.1, 0.15) is 0 Å². The molecular weight excluding hydrogens is 230 g/mol. The number of rotatable bonds is 8. The van der Waals surface area contributed by atoms with Crippen LogP contribution in [-0.2, 0) is 4.74 Å². The zero-order valence-corrected chi connectivity index (χ0v) is 10.6. The van der Waals surface area contributed by atoms with Gasteiger partial charge in [0.25, 0.3) is 0 Å². The summed E-state index contributed by atoms with van der Waals surface area (Å²) >= 11 is 3.49. The maximum Gasteiger partial charge on any atom is 0.0589 e. The largest absolute Gasteiger partial charge is 0.383 e. The van der Waals surface area contributed by atoms with Crippen LogP contribution in [0.1, 0.15) is 26.7 Å². The van der Waals surface area contributed by atoms with Gasteiger partial charge in [0.2, 0.25) is 0 Å². The molecule has 0 unspecified atom stereocenters. The van der Waals surface area contributed by atoms with Crippen molar-refractivity contribution >= 4 is 15.9 Å². The Morgan fingerprint density at radius 2 is 1.85 bits per heavy atom. The highest BCUT2D eigenvalue weighted by molar-refractivity contribution is 9.09. The van der Waals surface area contributed by atoms with Crippen LogP contribution in [0.3, 0.4) is 0 Å². The van der Waals surface area contributed by atoms with Crippen molar-refractivity contribution in [2.45, 2.75) is 32.7 Å². The van der Waals surface area contributed by atoms with Crippen molar-refractivity contribution in [2.75, 3.05) is 32.1 Å². The number of halogens is 1. The zero-order valence-electron chi connectivity index (χ0n) is 9.05. The highest BCUT2D eigenvalue weighted by atomic mass is 79.9. The van der Waals surface area contributed by atoms with E-state index in [-0.39, 0.29) is 0 Å². The smallest absolute Gasteiger partial charge is 0.0589 e. The molecular formula is C10H22BrNO. The predicted octanol–water partition coefficient (Wildman–Crippen LogP) is 2.52. The van der Waals surface area contributed by atoms with Crippen LogP contribution in [0.2, 0.25) is 0 Å². The van der Waals surface area contributed by atoms with Gasteiger partial charge in [-0.2, -0.15) is 0 Å². The molecule has 0 aromatic heterocycles. The molecule has 0 fully saturated rings. The monoisotopic (exact) mass is 251 g/mol. The van der Waals surface area contributed by atoms with Crippen LogP contribution >= 0.6 is 15.9 Å². The molecule has 0 heterocycles. The van der Waals surface area contributed by atoms with E-state index in [1.807, 2.05) is 0 Å². The van der Waals surface area contributed by atoms with Gasteiger partial charge in [0, 0.05) is 31.6 Å². The van der Waals surface area contributed by atoms with Gasteiger partial charge < -0.3 is 4.74 Å². The Kier molecular flexibility index (Phi) is 9.25. The number of hydrogen-bond acceptors (Lipinski definition) is 2. The third-order valence-corrected chi connectivity index (χ3v) is 2.77. The van der Waals surface area contributed by atoms with Crippen LogP contribution in [0.5, 0.6) is 0 Å². The maximum absolute atomic E-state index is 5.10. The maximum atomic E-state index is 5.10. The summed E-state index contributed by atoms with van der Waals surface area (Å²) in [5, 5.41) is 1.05. The van der Waals surface area contributed by atoms with E-state index in [0.717, 1.165) is 25.0 Å². The van der Waals surface area contributed by atoms with Crippen LogP contribution in [0, 0.1) is 0 Å². The highest BCUT2D eigenvalue weighted by Crippen LogP contribution is 2.08. The molecule has 0 aromatic rings. The van der Waals surface area contributed by atoms with Crippen LogP contribution in [0.4, 0.5) is 0 Å². The molecule has 0 aromatic carbocycles. The second kappa shape index (κ2) is 8.97. The molecule has 3 heteroatoms. The molecule has 0 aliphatic rings. The van der Waals surface area contributed by atoms with Gasteiger partial charge in [-0.3, -0.25) is 4.90 Å². The zero-order chi connectivity index (χ0) is 10.1. The number of hydrogen-bond donors (Lipinski definition) is 0. The Balaban J connectivity index is 3.88. The molecule has 0 saturated heterocycles. The van der Waals surface area contributed by atoms with Crippen LogP contribution in [-0.4, -0.2) is 43.1 Å². The van der Waals surface area contributed by atoms with E-state index in [1.165, 1.54) is 12.8 Å². The van der Waals surface area contributed by atoms with E-state index in [4.69, 9.17) is 4.74 Å². The molecule has 80 valence electrons. The summed E-state index contributed by atoms with van der Waals surface area (Å²) in [7, 11) is 1.76. The minimum absolute atomic E-state index is 0.715. The summed E-state index contributed by atoms with van der Waals surface area (Å²) in [6.07, 6.45) is 2.46. The molecule has 0 N–H and O–H groups in total. The van der Waals surface area contributed by atoms with Gasteiger partial charge in [-0.25, -0.2) is 0 Å². The van der Waals surface area contributed by atoms with Crippen molar-refractivity contribution in [1.29, 1.82) is 0 Å². The van der Waals surface area contributed by atoms with Gasteiger partial charge >= 0.3 is 0 Å². The first-order chi connectivity index (χ1) is 6.29. The molecule has 0 saturated carbocycles. The van der Waals surface area contributed by atoms with Gasteiger partial charge in [0.15, 0.2) is 0 Å². The molecule has 0 radical (unpaired) electrons. The number of nitrogens with zero attached hydrogens (tertiary/aromatic N) is 1. The minimum atomic E-state index is 0.715. The Bertz CT molecular complexity index is 107. The van der Waals surface area contributed by atoms with Crippen LogP contribution < -0.4 is 0 Å². The summed E-state index contributed by atoms with van der Waals surface area (Å²) in [5.41, 5.74) is 0. The van der Waals surface area contributed by atoms with E-state index < -0.39 is 0 Å². The fourth-order valence-corrected chi connectivity index (χ4v) is 2.05. The average molecular weight is 252 g/mol. The lowest BCUT2D eigenvalue weighted by atomic mass is 10.1. The van der Waals surface area contributed by atoms with Crippen molar-refractivity contribution in [3.63, 3.8) is 0 Å². The number of alkyl halides is 1. The summed E-state index contributed by atoms with van der Waals surface area (Å²) in [5.74, 6) is 0. The van der Waals surface area contributed by atoms with E-state index >= 15 is 0 Å². The topological polar surface area (TPSA) is 12.5 Å². The predicted molar refractivity (Wildman–Crippen MR) is 61.6 cm³/mol. The van der Waals surface area contributed by atoms with Gasteiger partial charge in [-0.1, -0.05) is 29.8 Å². The van der Waals surface area contributed by atoms with E-state index in [9.17, 15) is 0 Å². The SMILES string of the molecule is CCC(CC)N(CCBr)CCOC. The molecule has 0 atom stereocenters. The molecule has 0 rings (SSSR count). The molecule has 0 spiro atoms. The van der Waals surface area contributed by atoms with E-state index in [2.05, 4.69) is 34.7 Å². The van der Waals surface area contributed by atoms with E-state index in [0.29, 0.717) is 6.04 Å². The fraction of sp³-hybridized carbons (Fsp3) is 1.00. The van der Waals surface area contributed by atoms with Crippen molar-refractivity contribution in [2.24, 2.45) is 0 Å². The molecule has 0 aliphatic carbocycles. The fourth-order valence-electron chi connectivity index (χ4n) is 1.60. The summed E-state index contributed by atoms with van der Waals surface area (Å²) in [6.45, 7) is 7.51. The number of ether oxygens (including phenoxy) is 1. The highest BCUT2D eigenvalue weighted by Gasteiger charge is 2.13. The number of methoxy groups -OCH3 is 1. The van der Waals surface area contributed by atoms with Crippen molar-refractivity contribution in [3.8, 4) is 0 Å². The third kappa shape index (κ3) is 5.66. The molecule has 2 nitrogen and oxygen atoms in total. The first-order valence-corrected chi connectivity index (χ1v) is 6.21. The first-order valence-electron chi connectivity index (χ1n) is 5.09. The van der Waals surface area contributed by atoms with E-state index in [1.54, 1.807) is 7.11 Å². The van der Waals surface area contributed by atoms with Crippen molar-refractivity contribution < 1.29 is 4.74 Å². The Morgan fingerprint density at radius 1 is 1.23 bits per heavy atom. The second-order valence-electron chi connectivity index (χ2n) is 3.19. The lowest BCUT2D eigenvalue weighted by molar-refractivity contribution is 0.121. The van der Waals surface area contributed by atoms with Gasteiger partial charge in [0.05, 0.1) is 6.61 Å². The normalized spacial score (nSPS) is 11.5. The lowest BCUT2D eigenvalue weighted by Gasteiger charge is -2.29.